The van der Waals surface area contributed by atoms with E-state index < -0.39 is 5.97 Å². The van der Waals surface area contributed by atoms with Gasteiger partial charge in [0.1, 0.15) is 0 Å². The molecular weight excluding hydrogens is 216 g/mol. The lowest BCUT2D eigenvalue weighted by atomic mass is 10.0. The topological polar surface area (TPSA) is 52.6 Å². The van der Waals surface area contributed by atoms with Crippen molar-refractivity contribution in [2.24, 2.45) is 0 Å². The second-order valence-electron chi connectivity index (χ2n) is 6.10. The van der Waals surface area contributed by atoms with Crippen molar-refractivity contribution in [1.82, 2.24) is 10.2 Å². The van der Waals surface area contributed by atoms with E-state index in [9.17, 15) is 4.79 Å². The van der Waals surface area contributed by atoms with E-state index in [-0.39, 0.29) is 12.0 Å². The highest BCUT2D eigenvalue weighted by molar-refractivity contribution is 5.66. The summed E-state index contributed by atoms with van der Waals surface area (Å²) in [7, 11) is 0. The molecule has 0 saturated carbocycles. The molecule has 0 aromatic rings. The lowest BCUT2D eigenvalue weighted by Crippen LogP contribution is -2.47. The Morgan fingerprint density at radius 2 is 2.12 bits per heavy atom. The molecule has 2 N–H and O–H groups in total. The minimum atomic E-state index is -0.703. The summed E-state index contributed by atoms with van der Waals surface area (Å²) in [5.74, 6) is -0.703. The van der Waals surface area contributed by atoms with Gasteiger partial charge in [-0.15, -0.1) is 0 Å². The standard InChI is InChI=1S/C13H26N2O2/c1-10-7-8-15(13(2,3)4)9-11(14-10)5-6-12(16)17/h10-11,14H,5-9H2,1-4H3,(H,16,17). The minimum Gasteiger partial charge on any atom is -0.481 e. The summed E-state index contributed by atoms with van der Waals surface area (Å²) in [5, 5.41) is 12.3. The molecule has 1 fully saturated rings. The maximum absolute atomic E-state index is 10.6. The van der Waals surface area contributed by atoms with Gasteiger partial charge in [0.2, 0.25) is 0 Å². The molecule has 0 radical (unpaired) electrons. The smallest absolute Gasteiger partial charge is 0.303 e. The number of carboxylic acids is 1. The van der Waals surface area contributed by atoms with Crippen LogP contribution in [0.4, 0.5) is 0 Å². The van der Waals surface area contributed by atoms with E-state index in [0.717, 1.165) is 19.5 Å². The van der Waals surface area contributed by atoms with Crippen molar-refractivity contribution in [3.05, 3.63) is 0 Å². The van der Waals surface area contributed by atoms with Gasteiger partial charge < -0.3 is 10.4 Å². The first kappa shape index (κ1) is 14.5. The zero-order valence-electron chi connectivity index (χ0n) is 11.5. The quantitative estimate of drug-likeness (QED) is 0.791. The second-order valence-corrected chi connectivity index (χ2v) is 6.10. The van der Waals surface area contributed by atoms with Crippen LogP contribution in [0.2, 0.25) is 0 Å². The molecular formula is C13H26N2O2. The highest BCUT2D eigenvalue weighted by Crippen LogP contribution is 2.18. The van der Waals surface area contributed by atoms with E-state index >= 15 is 0 Å². The van der Waals surface area contributed by atoms with Crippen LogP contribution < -0.4 is 5.32 Å². The number of aliphatic carboxylic acids is 1. The van der Waals surface area contributed by atoms with Crippen LogP contribution in [-0.2, 0) is 4.79 Å². The van der Waals surface area contributed by atoms with Crippen LogP contribution in [0.15, 0.2) is 0 Å². The molecule has 17 heavy (non-hydrogen) atoms. The van der Waals surface area contributed by atoms with Gasteiger partial charge in [-0.1, -0.05) is 0 Å². The van der Waals surface area contributed by atoms with Gasteiger partial charge in [0.25, 0.3) is 0 Å². The first-order valence-electron chi connectivity index (χ1n) is 6.52. The zero-order chi connectivity index (χ0) is 13.1. The van der Waals surface area contributed by atoms with Gasteiger partial charge in [0.05, 0.1) is 0 Å². The fourth-order valence-electron chi connectivity index (χ4n) is 2.33. The molecule has 1 aliphatic rings. The molecule has 4 heteroatoms. The average molecular weight is 242 g/mol. The largest absolute Gasteiger partial charge is 0.481 e. The number of carboxylic acid groups (broad SMARTS) is 1. The van der Waals surface area contributed by atoms with Crippen molar-refractivity contribution < 1.29 is 9.90 Å². The summed E-state index contributed by atoms with van der Waals surface area (Å²) in [6.07, 6.45) is 2.09. The summed E-state index contributed by atoms with van der Waals surface area (Å²) in [5.41, 5.74) is 0.160. The van der Waals surface area contributed by atoms with Crippen LogP contribution in [0.25, 0.3) is 0 Å². The summed E-state index contributed by atoms with van der Waals surface area (Å²) >= 11 is 0. The van der Waals surface area contributed by atoms with E-state index in [0.29, 0.717) is 18.5 Å². The first-order valence-corrected chi connectivity index (χ1v) is 6.52. The molecule has 2 unspecified atom stereocenters. The minimum absolute atomic E-state index is 0.160. The Balaban J connectivity index is 2.59. The normalized spacial score (nSPS) is 27.8. The predicted molar refractivity (Wildman–Crippen MR) is 69.2 cm³/mol. The predicted octanol–water partition coefficient (Wildman–Crippen LogP) is 1.70. The molecule has 1 heterocycles. The molecule has 100 valence electrons. The monoisotopic (exact) mass is 242 g/mol. The van der Waals surface area contributed by atoms with Gasteiger partial charge >= 0.3 is 5.97 Å². The van der Waals surface area contributed by atoms with E-state index in [1.807, 2.05) is 0 Å². The van der Waals surface area contributed by atoms with E-state index in [2.05, 4.69) is 37.9 Å². The highest BCUT2D eigenvalue weighted by Gasteiger charge is 2.28. The molecule has 0 aromatic carbocycles. The highest BCUT2D eigenvalue weighted by atomic mass is 16.4. The molecule has 0 bridgehead atoms. The fraction of sp³-hybridized carbons (Fsp3) is 0.923. The Hall–Kier alpha value is -0.610. The van der Waals surface area contributed by atoms with Crippen LogP contribution >= 0.6 is 0 Å². The summed E-state index contributed by atoms with van der Waals surface area (Å²) in [6, 6.07) is 0.768. The van der Waals surface area contributed by atoms with Crippen molar-refractivity contribution in [3.63, 3.8) is 0 Å². The number of nitrogens with zero attached hydrogens (tertiary/aromatic N) is 1. The van der Waals surface area contributed by atoms with Crippen LogP contribution in [0.3, 0.4) is 0 Å². The van der Waals surface area contributed by atoms with Crippen molar-refractivity contribution >= 4 is 5.97 Å². The van der Waals surface area contributed by atoms with E-state index in [4.69, 9.17) is 5.11 Å². The lowest BCUT2D eigenvalue weighted by Gasteiger charge is -2.36. The number of hydrogen-bond donors (Lipinski definition) is 2. The first-order chi connectivity index (χ1) is 7.79. The van der Waals surface area contributed by atoms with E-state index in [1.165, 1.54) is 0 Å². The van der Waals surface area contributed by atoms with Crippen molar-refractivity contribution in [1.29, 1.82) is 0 Å². The van der Waals surface area contributed by atoms with Gasteiger partial charge in [-0.25, -0.2) is 0 Å². The zero-order valence-corrected chi connectivity index (χ0v) is 11.5. The SMILES string of the molecule is CC1CCN(C(C)(C)C)CC(CCC(=O)O)N1. The van der Waals surface area contributed by atoms with Gasteiger partial charge in [-0.3, -0.25) is 9.69 Å². The number of carbonyl (C=O) groups is 1. The molecule has 0 aliphatic carbocycles. The second kappa shape index (κ2) is 5.83. The molecule has 0 aromatic heterocycles. The van der Waals surface area contributed by atoms with Gasteiger partial charge in [-0.05, 0) is 40.5 Å². The molecule has 1 aliphatic heterocycles. The molecule has 2 atom stereocenters. The molecule has 1 rings (SSSR count). The third kappa shape index (κ3) is 5.04. The van der Waals surface area contributed by atoms with Crippen molar-refractivity contribution in [2.45, 2.75) is 64.6 Å². The van der Waals surface area contributed by atoms with Crippen molar-refractivity contribution in [3.8, 4) is 0 Å². The van der Waals surface area contributed by atoms with Gasteiger partial charge in [0.15, 0.2) is 0 Å². The third-order valence-electron chi connectivity index (χ3n) is 3.45. The molecule has 1 saturated heterocycles. The van der Waals surface area contributed by atoms with Gasteiger partial charge in [-0.2, -0.15) is 0 Å². The molecule has 0 spiro atoms. The Bertz CT molecular complexity index is 261. The Morgan fingerprint density at radius 3 is 2.65 bits per heavy atom. The van der Waals surface area contributed by atoms with Crippen molar-refractivity contribution in [2.75, 3.05) is 13.1 Å². The Labute approximate surface area is 104 Å². The molecule has 0 amide bonds. The Kier molecular flexibility index (Phi) is 4.95. The summed E-state index contributed by atoms with van der Waals surface area (Å²) in [4.78, 5) is 13.1. The summed E-state index contributed by atoms with van der Waals surface area (Å²) < 4.78 is 0. The summed E-state index contributed by atoms with van der Waals surface area (Å²) in [6.45, 7) is 10.9. The van der Waals surface area contributed by atoms with Crippen LogP contribution in [-0.4, -0.2) is 46.7 Å². The van der Waals surface area contributed by atoms with Gasteiger partial charge in [0, 0.05) is 37.1 Å². The van der Waals surface area contributed by atoms with E-state index in [1.54, 1.807) is 0 Å². The maximum atomic E-state index is 10.6. The fourth-order valence-corrected chi connectivity index (χ4v) is 2.33. The number of nitrogens with one attached hydrogen (secondary N) is 1. The van der Waals surface area contributed by atoms with Crippen LogP contribution in [0, 0.1) is 0 Å². The lowest BCUT2D eigenvalue weighted by molar-refractivity contribution is -0.137. The third-order valence-corrected chi connectivity index (χ3v) is 3.45. The maximum Gasteiger partial charge on any atom is 0.303 e. The van der Waals surface area contributed by atoms with Crippen LogP contribution in [0.5, 0.6) is 0 Å². The number of hydrogen-bond acceptors (Lipinski definition) is 3. The van der Waals surface area contributed by atoms with Crippen LogP contribution in [0.1, 0.15) is 47.0 Å². The Morgan fingerprint density at radius 1 is 1.47 bits per heavy atom. The average Bonchev–Trinajstić information content (AvgIpc) is 2.36. The molecule has 4 nitrogen and oxygen atoms in total. The number of rotatable bonds is 3.